The Labute approximate surface area is 79.3 Å². The Morgan fingerprint density at radius 3 is 2.69 bits per heavy atom. The van der Waals surface area contributed by atoms with E-state index in [1.807, 2.05) is 49.2 Å². The summed E-state index contributed by atoms with van der Waals surface area (Å²) in [5.74, 6) is 0.996. The topological polar surface area (TPSA) is 19.5 Å². The second-order valence-corrected chi connectivity index (χ2v) is 3.33. The third-order valence-corrected chi connectivity index (χ3v) is 1.75. The minimum Gasteiger partial charge on any atom is -0.348 e. The van der Waals surface area contributed by atoms with E-state index in [0.29, 0.717) is 0 Å². The summed E-state index contributed by atoms with van der Waals surface area (Å²) in [5.41, 5.74) is 1.18. The number of hydrogen-bond acceptors (Lipinski definition) is 1. The van der Waals surface area contributed by atoms with Gasteiger partial charge in [0.25, 0.3) is 0 Å². The summed E-state index contributed by atoms with van der Waals surface area (Å²) < 4.78 is 2.01. The van der Waals surface area contributed by atoms with Crippen molar-refractivity contribution in [3.05, 3.63) is 23.9 Å². The van der Waals surface area contributed by atoms with Gasteiger partial charge in [0, 0.05) is 19.7 Å². The molecule has 0 amide bonds. The summed E-state index contributed by atoms with van der Waals surface area (Å²) in [4.78, 5) is 6.29. The minimum absolute atomic E-state index is 0.996. The molecule has 1 aromatic heterocycles. The molecule has 3 nitrogen and oxygen atoms in total. The van der Waals surface area contributed by atoms with E-state index in [2.05, 4.69) is 18.0 Å². The first-order valence-electron chi connectivity index (χ1n) is 4.27. The number of rotatable bonds is 2. The van der Waals surface area contributed by atoms with Crippen molar-refractivity contribution in [2.24, 2.45) is 12.0 Å². The molecule has 1 rings (SSSR count). The number of nitrogens with zero attached hydrogens (tertiary/aromatic N) is 3. The van der Waals surface area contributed by atoms with Crippen LogP contribution in [0.1, 0.15) is 5.56 Å². The lowest BCUT2D eigenvalue weighted by Gasteiger charge is -1.99. The third-order valence-electron chi connectivity index (χ3n) is 1.75. The molecule has 0 aliphatic carbocycles. The van der Waals surface area contributed by atoms with E-state index in [-0.39, 0.29) is 0 Å². The second-order valence-electron chi connectivity index (χ2n) is 3.33. The Morgan fingerprint density at radius 2 is 2.15 bits per heavy atom. The van der Waals surface area contributed by atoms with Crippen molar-refractivity contribution in [1.29, 1.82) is 0 Å². The van der Waals surface area contributed by atoms with Crippen molar-refractivity contribution >= 4 is 12.2 Å². The fraction of sp³-hybridized carbons (Fsp3) is 0.400. The quantitative estimate of drug-likeness (QED) is 0.376. The maximum Gasteiger partial charge on any atom is 0.327 e. The first-order chi connectivity index (χ1) is 6.11. The number of aromatic nitrogens is 1. The van der Waals surface area contributed by atoms with Crippen molar-refractivity contribution in [2.45, 2.75) is 6.92 Å². The summed E-state index contributed by atoms with van der Waals surface area (Å²) in [6, 6.07) is 4.08. The van der Waals surface area contributed by atoms with Crippen LogP contribution in [0.4, 0.5) is 5.82 Å². The van der Waals surface area contributed by atoms with Crippen LogP contribution in [0.25, 0.3) is 0 Å². The van der Waals surface area contributed by atoms with Crippen LogP contribution in [0.3, 0.4) is 0 Å². The van der Waals surface area contributed by atoms with E-state index in [9.17, 15) is 0 Å². The van der Waals surface area contributed by atoms with Crippen molar-refractivity contribution in [3.8, 4) is 0 Å². The fourth-order valence-corrected chi connectivity index (χ4v) is 1.10. The second kappa shape index (κ2) is 4.03. The predicted molar refractivity (Wildman–Crippen MR) is 54.2 cm³/mol. The number of aliphatic imine (C=N–C) groups is 1. The van der Waals surface area contributed by atoms with E-state index < -0.39 is 0 Å². The highest BCUT2D eigenvalue weighted by atomic mass is 15.1. The van der Waals surface area contributed by atoms with Crippen LogP contribution in [-0.2, 0) is 7.05 Å². The molecular weight excluding hydrogens is 162 g/mol. The standard InChI is InChI=1S/C10H16N3/c1-9-6-5-7-13(4)10(9)11-8-12(2)3/h5-8H,1-4H3/q+1. The minimum atomic E-state index is 0.996. The number of aryl methyl sites for hydroxylation is 2. The normalized spacial score (nSPS) is 10.8. The van der Waals surface area contributed by atoms with Gasteiger partial charge < -0.3 is 4.90 Å². The summed E-state index contributed by atoms with van der Waals surface area (Å²) >= 11 is 0. The van der Waals surface area contributed by atoms with E-state index in [1.165, 1.54) is 5.56 Å². The summed E-state index contributed by atoms with van der Waals surface area (Å²) in [5, 5.41) is 0. The molecule has 0 aromatic carbocycles. The Bertz CT molecular complexity index is 296. The van der Waals surface area contributed by atoms with Gasteiger partial charge in [-0.25, -0.2) is 4.57 Å². The molecule has 70 valence electrons. The Kier molecular flexibility index (Phi) is 3.01. The molecule has 0 spiro atoms. The molecule has 0 fully saturated rings. The van der Waals surface area contributed by atoms with Gasteiger partial charge in [-0.3, -0.25) is 0 Å². The molecule has 0 radical (unpaired) electrons. The molecule has 3 heteroatoms. The van der Waals surface area contributed by atoms with Crippen LogP contribution in [0.5, 0.6) is 0 Å². The largest absolute Gasteiger partial charge is 0.348 e. The van der Waals surface area contributed by atoms with E-state index in [0.717, 1.165) is 5.82 Å². The lowest BCUT2D eigenvalue weighted by atomic mass is 10.3. The Balaban J connectivity index is 3.00. The van der Waals surface area contributed by atoms with Crippen molar-refractivity contribution in [1.82, 2.24) is 4.90 Å². The molecule has 0 aliphatic rings. The van der Waals surface area contributed by atoms with Crippen molar-refractivity contribution in [3.63, 3.8) is 0 Å². The molecule has 0 saturated heterocycles. The first-order valence-corrected chi connectivity index (χ1v) is 4.27. The highest BCUT2D eigenvalue weighted by Crippen LogP contribution is 2.09. The van der Waals surface area contributed by atoms with Gasteiger partial charge in [-0.05, 0) is 24.0 Å². The van der Waals surface area contributed by atoms with Gasteiger partial charge in [-0.15, -0.1) is 0 Å². The van der Waals surface area contributed by atoms with Gasteiger partial charge >= 0.3 is 5.82 Å². The van der Waals surface area contributed by atoms with E-state index in [4.69, 9.17) is 0 Å². The van der Waals surface area contributed by atoms with Gasteiger partial charge in [-0.1, -0.05) is 0 Å². The highest BCUT2D eigenvalue weighted by molar-refractivity contribution is 5.59. The van der Waals surface area contributed by atoms with Gasteiger partial charge in [0.05, 0.1) is 13.2 Å². The average molecular weight is 178 g/mol. The smallest absolute Gasteiger partial charge is 0.327 e. The maximum atomic E-state index is 4.37. The maximum absolute atomic E-state index is 4.37. The molecular formula is C10H16N3+. The van der Waals surface area contributed by atoms with E-state index >= 15 is 0 Å². The molecule has 0 saturated carbocycles. The lowest BCUT2D eigenvalue weighted by molar-refractivity contribution is -0.658. The SMILES string of the molecule is Cc1ccc[n+](C)c1/N=C/N(C)C. The summed E-state index contributed by atoms with van der Waals surface area (Å²) in [7, 11) is 5.92. The summed E-state index contributed by atoms with van der Waals surface area (Å²) in [6.07, 6.45) is 3.80. The van der Waals surface area contributed by atoms with E-state index in [1.54, 1.807) is 0 Å². The average Bonchev–Trinajstić information content (AvgIpc) is 2.03. The molecule has 13 heavy (non-hydrogen) atoms. The molecule has 1 heterocycles. The molecule has 1 aromatic rings. The Morgan fingerprint density at radius 1 is 1.46 bits per heavy atom. The van der Waals surface area contributed by atoms with Crippen LogP contribution in [0.2, 0.25) is 0 Å². The zero-order chi connectivity index (χ0) is 9.84. The molecule has 0 atom stereocenters. The zero-order valence-corrected chi connectivity index (χ0v) is 8.65. The van der Waals surface area contributed by atoms with Crippen molar-refractivity contribution in [2.75, 3.05) is 14.1 Å². The van der Waals surface area contributed by atoms with Gasteiger partial charge in [0.1, 0.15) is 0 Å². The monoisotopic (exact) mass is 178 g/mol. The van der Waals surface area contributed by atoms with Gasteiger partial charge in [0.15, 0.2) is 0 Å². The number of hydrogen-bond donors (Lipinski definition) is 0. The molecule has 0 N–H and O–H groups in total. The van der Waals surface area contributed by atoms with Crippen LogP contribution in [0, 0.1) is 6.92 Å². The third kappa shape index (κ3) is 2.54. The van der Waals surface area contributed by atoms with Crippen molar-refractivity contribution < 1.29 is 4.57 Å². The van der Waals surface area contributed by atoms with Gasteiger partial charge in [0.2, 0.25) is 6.34 Å². The zero-order valence-electron chi connectivity index (χ0n) is 8.65. The van der Waals surface area contributed by atoms with Crippen LogP contribution >= 0.6 is 0 Å². The lowest BCUT2D eigenvalue weighted by Crippen LogP contribution is -2.28. The summed E-state index contributed by atoms with van der Waals surface area (Å²) in [6.45, 7) is 2.06. The highest BCUT2D eigenvalue weighted by Gasteiger charge is 2.07. The fourth-order valence-electron chi connectivity index (χ4n) is 1.10. The first kappa shape index (κ1) is 9.71. The van der Waals surface area contributed by atoms with Gasteiger partial charge in [-0.2, -0.15) is 0 Å². The predicted octanol–water partition coefficient (Wildman–Crippen LogP) is 1.04. The van der Waals surface area contributed by atoms with Crippen LogP contribution in [-0.4, -0.2) is 25.3 Å². The van der Waals surface area contributed by atoms with Crippen LogP contribution < -0.4 is 4.57 Å². The molecule has 0 bridgehead atoms. The van der Waals surface area contributed by atoms with Crippen LogP contribution in [0.15, 0.2) is 23.3 Å². The number of pyridine rings is 1. The molecule has 0 unspecified atom stereocenters. The molecule has 0 aliphatic heterocycles. The Hall–Kier alpha value is -1.38.